The average Bonchev–Trinajstić information content (AvgIpc) is 3.12. The number of hydrogen-bond donors (Lipinski definition) is 1. The maximum absolute atomic E-state index is 12.9. The predicted octanol–water partition coefficient (Wildman–Crippen LogP) is 4.02. The van der Waals surface area contributed by atoms with Gasteiger partial charge < -0.3 is 15.0 Å². The third-order valence-electron chi connectivity index (χ3n) is 4.54. The van der Waals surface area contributed by atoms with Crippen molar-refractivity contribution in [1.82, 2.24) is 4.90 Å². The fourth-order valence-electron chi connectivity index (χ4n) is 3.37. The van der Waals surface area contributed by atoms with Crippen LogP contribution in [0.15, 0.2) is 48.5 Å². The summed E-state index contributed by atoms with van der Waals surface area (Å²) in [4.78, 5) is 26.0. The van der Waals surface area contributed by atoms with E-state index in [9.17, 15) is 9.59 Å². The molecule has 3 rings (SSSR count). The van der Waals surface area contributed by atoms with E-state index < -0.39 is 0 Å². The third-order valence-corrected chi connectivity index (χ3v) is 4.54. The first kappa shape index (κ1) is 18.0. The molecule has 0 aromatic heterocycles. The molecule has 5 nitrogen and oxygen atoms in total. The Morgan fingerprint density at radius 2 is 1.81 bits per heavy atom. The topological polar surface area (TPSA) is 58.6 Å². The highest BCUT2D eigenvalue weighted by Crippen LogP contribution is 2.34. The van der Waals surface area contributed by atoms with Gasteiger partial charge in [-0.2, -0.15) is 0 Å². The summed E-state index contributed by atoms with van der Waals surface area (Å²) in [7, 11) is 0. The Hall–Kier alpha value is -2.82. The summed E-state index contributed by atoms with van der Waals surface area (Å²) in [6, 6.07) is 15.1. The van der Waals surface area contributed by atoms with Crippen molar-refractivity contribution in [3.05, 3.63) is 59.7 Å². The molecule has 1 saturated heterocycles. The van der Waals surface area contributed by atoms with Crippen molar-refractivity contribution in [3.63, 3.8) is 0 Å². The number of rotatable bonds is 5. The van der Waals surface area contributed by atoms with E-state index in [1.165, 1.54) is 6.92 Å². The molecular formula is C21H24N2O3. The van der Waals surface area contributed by atoms with Crippen LogP contribution in [0, 0.1) is 0 Å². The van der Waals surface area contributed by atoms with Gasteiger partial charge in [0.25, 0.3) is 5.91 Å². The SMILES string of the molecule is CCOc1ccc(C2CCCN2C(=O)c2ccc(NC(C)=O)cc2)cc1. The van der Waals surface area contributed by atoms with Gasteiger partial charge in [0.1, 0.15) is 5.75 Å². The summed E-state index contributed by atoms with van der Waals surface area (Å²) < 4.78 is 5.50. The predicted molar refractivity (Wildman–Crippen MR) is 101 cm³/mol. The van der Waals surface area contributed by atoms with E-state index in [1.807, 2.05) is 36.1 Å². The smallest absolute Gasteiger partial charge is 0.254 e. The lowest BCUT2D eigenvalue weighted by atomic mass is 10.0. The monoisotopic (exact) mass is 352 g/mol. The zero-order valence-electron chi connectivity index (χ0n) is 15.2. The summed E-state index contributed by atoms with van der Waals surface area (Å²) in [5.41, 5.74) is 2.46. The van der Waals surface area contributed by atoms with Gasteiger partial charge in [0, 0.05) is 24.7 Å². The van der Waals surface area contributed by atoms with Gasteiger partial charge in [-0.1, -0.05) is 12.1 Å². The van der Waals surface area contributed by atoms with Crippen LogP contribution in [0.5, 0.6) is 5.75 Å². The van der Waals surface area contributed by atoms with Gasteiger partial charge in [-0.3, -0.25) is 9.59 Å². The van der Waals surface area contributed by atoms with Crippen LogP contribution in [0.25, 0.3) is 0 Å². The second-order valence-electron chi connectivity index (χ2n) is 6.42. The number of anilines is 1. The molecule has 0 saturated carbocycles. The standard InChI is InChI=1S/C21H24N2O3/c1-3-26-19-12-8-16(9-13-19)20-5-4-14-23(20)21(25)17-6-10-18(11-7-17)22-15(2)24/h6-13,20H,3-5,14H2,1-2H3,(H,22,24). The number of ether oxygens (including phenoxy) is 1. The molecule has 2 aromatic carbocycles. The fraction of sp³-hybridized carbons (Fsp3) is 0.333. The minimum Gasteiger partial charge on any atom is -0.494 e. The van der Waals surface area contributed by atoms with Crippen molar-refractivity contribution in [2.75, 3.05) is 18.5 Å². The molecule has 1 atom stereocenters. The van der Waals surface area contributed by atoms with E-state index in [0.29, 0.717) is 17.9 Å². The Kier molecular flexibility index (Phi) is 5.56. The van der Waals surface area contributed by atoms with Gasteiger partial charge in [0.05, 0.1) is 12.6 Å². The first-order chi connectivity index (χ1) is 12.6. The van der Waals surface area contributed by atoms with Gasteiger partial charge >= 0.3 is 0 Å². The molecule has 2 aromatic rings. The van der Waals surface area contributed by atoms with E-state index in [1.54, 1.807) is 24.3 Å². The Morgan fingerprint density at radius 3 is 2.42 bits per heavy atom. The molecule has 0 aliphatic carbocycles. The van der Waals surface area contributed by atoms with Crippen molar-refractivity contribution in [2.45, 2.75) is 32.7 Å². The lowest BCUT2D eigenvalue weighted by Crippen LogP contribution is -2.30. The second kappa shape index (κ2) is 8.04. The van der Waals surface area contributed by atoms with Crippen molar-refractivity contribution >= 4 is 17.5 Å². The van der Waals surface area contributed by atoms with Crippen LogP contribution in [0.2, 0.25) is 0 Å². The van der Waals surface area contributed by atoms with E-state index in [0.717, 1.165) is 30.7 Å². The summed E-state index contributed by atoms with van der Waals surface area (Å²) in [5.74, 6) is 0.746. The van der Waals surface area contributed by atoms with E-state index in [2.05, 4.69) is 5.32 Å². The molecule has 1 aliphatic rings. The summed E-state index contributed by atoms with van der Waals surface area (Å²) >= 11 is 0. The van der Waals surface area contributed by atoms with E-state index in [4.69, 9.17) is 4.74 Å². The highest BCUT2D eigenvalue weighted by molar-refractivity contribution is 5.96. The van der Waals surface area contributed by atoms with Gasteiger partial charge in [-0.25, -0.2) is 0 Å². The molecule has 1 fully saturated rings. The quantitative estimate of drug-likeness (QED) is 0.884. The number of carbonyl (C=O) groups excluding carboxylic acids is 2. The maximum Gasteiger partial charge on any atom is 0.254 e. The average molecular weight is 352 g/mol. The number of hydrogen-bond acceptors (Lipinski definition) is 3. The Bertz CT molecular complexity index is 769. The lowest BCUT2D eigenvalue weighted by Gasteiger charge is -2.25. The first-order valence-corrected chi connectivity index (χ1v) is 9.00. The Balaban J connectivity index is 1.74. The second-order valence-corrected chi connectivity index (χ2v) is 6.42. The lowest BCUT2D eigenvalue weighted by molar-refractivity contribution is -0.114. The highest BCUT2D eigenvalue weighted by Gasteiger charge is 2.30. The molecule has 26 heavy (non-hydrogen) atoms. The van der Waals surface area contributed by atoms with Crippen molar-refractivity contribution in [3.8, 4) is 5.75 Å². The van der Waals surface area contributed by atoms with Gasteiger partial charge in [0.15, 0.2) is 0 Å². The van der Waals surface area contributed by atoms with Crippen LogP contribution in [0.1, 0.15) is 48.7 Å². The van der Waals surface area contributed by atoms with Crippen LogP contribution in [0.3, 0.4) is 0 Å². The van der Waals surface area contributed by atoms with Crippen LogP contribution in [-0.2, 0) is 4.79 Å². The molecule has 1 heterocycles. The van der Waals surface area contributed by atoms with E-state index >= 15 is 0 Å². The molecule has 5 heteroatoms. The first-order valence-electron chi connectivity index (χ1n) is 9.00. The minimum atomic E-state index is -0.126. The van der Waals surface area contributed by atoms with Crippen molar-refractivity contribution in [1.29, 1.82) is 0 Å². The Labute approximate surface area is 154 Å². The molecule has 0 spiro atoms. The zero-order valence-corrected chi connectivity index (χ0v) is 15.2. The van der Waals surface area contributed by atoms with Gasteiger partial charge in [0.2, 0.25) is 5.91 Å². The van der Waals surface area contributed by atoms with E-state index in [-0.39, 0.29) is 17.9 Å². The minimum absolute atomic E-state index is 0.0239. The zero-order chi connectivity index (χ0) is 18.5. The Morgan fingerprint density at radius 1 is 1.12 bits per heavy atom. The van der Waals surface area contributed by atoms with Crippen LogP contribution >= 0.6 is 0 Å². The van der Waals surface area contributed by atoms with Crippen molar-refractivity contribution in [2.24, 2.45) is 0 Å². The molecule has 1 unspecified atom stereocenters. The number of carbonyl (C=O) groups is 2. The molecule has 1 aliphatic heterocycles. The summed E-state index contributed by atoms with van der Waals surface area (Å²) in [6.45, 7) is 4.82. The molecule has 0 radical (unpaired) electrons. The largest absolute Gasteiger partial charge is 0.494 e. The highest BCUT2D eigenvalue weighted by atomic mass is 16.5. The van der Waals surface area contributed by atoms with Gasteiger partial charge in [-0.05, 0) is 61.7 Å². The number of nitrogens with zero attached hydrogens (tertiary/aromatic N) is 1. The number of benzene rings is 2. The molecule has 1 N–H and O–H groups in total. The molecule has 0 bridgehead atoms. The molecular weight excluding hydrogens is 328 g/mol. The number of amides is 2. The normalized spacial score (nSPS) is 16.4. The van der Waals surface area contributed by atoms with Gasteiger partial charge in [-0.15, -0.1) is 0 Å². The fourth-order valence-corrected chi connectivity index (χ4v) is 3.37. The molecule has 2 amide bonds. The van der Waals surface area contributed by atoms with Crippen LogP contribution < -0.4 is 10.1 Å². The van der Waals surface area contributed by atoms with Crippen molar-refractivity contribution < 1.29 is 14.3 Å². The van der Waals surface area contributed by atoms with Crippen LogP contribution in [0.4, 0.5) is 5.69 Å². The maximum atomic E-state index is 12.9. The molecule has 136 valence electrons. The summed E-state index contributed by atoms with van der Waals surface area (Å²) in [5, 5.41) is 2.71. The summed E-state index contributed by atoms with van der Waals surface area (Å²) in [6.07, 6.45) is 1.96. The third kappa shape index (κ3) is 4.04. The number of likely N-dealkylation sites (tertiary alicyclic amines) is 1. The number of nitrogens with one attached hydrogen (secondary N) is 1. The van der Waals surface area contributed by atoms with Crippen LogP contribution in [-0.4, -0.2) is 29.9 Å².